The number of carbonyl (C=O) groups is 4. The molecule has 3 amide bonds. The molecule has 238 valence electrons. The molecule has 0 aliphatic rings. The molecular formula is C28H45N9O5S. The van der Waals surface area contributed by atoms with E-state index in [0.29, 0.717) is 38.0 Å². The number of para-hydroxylation sites is 1. The fraction of sp³-hybridized carbons (Fsp3) is 0.536. The summed E-state index contributed by atoms with van der Waals surface area (Å²) in [5.41, 5.74) is 23.9. The van der Waals surface area contributed by atoms with Gasteiger partial charge in [0, 0.05) is 30.1 Å². The number of nitrogens with two attached hydrogens (primary N) is 4. The van der Waals surface area contributed by atoms with Gasteiger partial charge in [-0.15, -0.1) is 0 Å². The molecule has 1 aromatic heterocycles. The number of guanidine groups is 1. The van der Waals surface area contributed by atoms with Crippen LogP contribution in [0, 0.1) is 0 Å². The Balaban J connectivity index is 2.16. The van der Waals surface area contributed by atoms with Crippen molar-refractivity contribution in [2.45, 2.75) is 69.1 Å². The summed E-state index contributed by atoms with van der Waals surface area (Å²) in [6.45, 7) is 0.712. The Labute approximate surface area is 255 Å². The second kappa shape index (κ2) is 18.7. The van der Waals surface area contributed by atoms with E-state index in [-0.39, 0.29) is 31.8 Å². The minimum atomic E-state index is -1.23. The Kier molecular flexibility index (Phi) is 15.4. The monoisotopic (exact) mass is 619 g/mol. The molecule has 0 saturated carbocycles. The van der Waals surface area contributed by atoms with Crippen molar-refractivity contribution in [3.63, 3.8) is 0 Å². The molecular weight excluding hydrogens is 574 g/mol. The molecule has 0 aliphatic heterocycles. The summed E-state index contributed by atoms with van der Waals surface area (Å²) in [7, 11) is 0. The van der Waals surface area contributed by atoms with E-state index in [2.05, 4.69) is 25.9 Å². The van der Waals surface area contributed by atoms with Crippen molar-refractivity contribution >= 4 is 52.3 Å². The van der Waals surface area contributed by atoms with Crippen LogP contribution in [0.2, 0.25) is 0 Å². The lowest BCUT2D eigenvalue weighted by atomic mass is 10.0. The molecule has 2 rings (SSSR count). The first kappa shape index (κ1) is 35.4. The van der Waals surface area contributed by atoms with Crippen molar-refractivity contribution in [3.05, 3.63) is 36.0 Å². The number of H-pyrrole nitrogens is 1. The number of unbranched alkanes of at least 4 members (excludes halogenated alkanes) is 1. The topological polar surface area (TPSA) is 257 Å². The van der Waals surface area contributed by atoms with Crippen LogP contribution in [0.3, 0.4) is 0 Å². The van der Waals surface area contributed by atoms with Crippen LogP contribution in [-0.2, 0) is 25.6 Å². The van der Waals surface area contributed by atoms with E-state index >= 15 is 0 Å². The quantitative estimate of drug-likeness (QED) is 0.0522. The number of carboxylic acids is 1. The van der Waals surface area contributed by atoms with Gasteiger partial charge in [-0.1, -0.05) is 24.6 Å². The number of aromatic nitrogens is 1. The van der Waals surface area contributed by atoms with Gasteiger partial charge in [-0.3, -0.25) is 19.4 Å². The Morgan fingerprint density at radius 2 is 1.58 bits per heavy atom. The van der Waals surface area contributed by atoms with Crippen LogP contribution >= 0.6 is 11.8 Å². The van der Waals surface area contributed by atoms with Gasteiger partial charge in [0.25, 0.3) is 0 Å². The Morgan fingerprint density at radius 3 is 2.23 bits per heavy atom. The second-order valence-corrected chi connectivity index (χ2v) is 11.2. The summed E-state index contributed by atoms with van der Waals surface area (Å²) >= 11 is 1.47. The summed E-state index contributed by atoms with van der Waals surface area (Å²) in [4.78, 5) is 58.7. The third kappa shape index (κ3) is 12.1. The van der Waals surface area contributed by atoms with Crippen LogP contribution in [0.25, 0.3) is 10.9 Å². The van der Waals surface area contributed by atoms with E-state index in [1.165, 1.54) is 11.8 Å². The normalized spacial score (nSPS) is 13.8. The van der Waals surface area contributed by atoms with Gasteiger partial charge in [-0.25, -0.2) is 4.79 Å². The van der Waals surface area contributed by atoms with Crippen molar-refractivity contribution in [3.8, 4) is 0 Å². The SMILES string of the molecule is CSCCC(NC(=O)C(CCCN=C(N)N)NC(=O)C(N)CCCCN)C(=O)NC(Cc1c[nH]c2ccccc12)C(=O)O. The number of carbonyl (C=O) groups excluding carboxylic acids is 3. The number of benzene rings is 1. The number of thioether (sulfide) groups is 1. The van der Waals surface area contributed by atoms with E-state index in [4.69, 9.17) is 22.9 Å². The van der Waals surface area contributed by atoms with Crippen molar-refractivity contribution < 1.29 is 24.3 Å². The summed E-state index contributed by atoms with van der Waals surface area (Å²) < 4.78 is 0. The molecule has 1 heterocycles. The molecule has 15 heteroatoms. The van der Waals surface area contributed by atoms with E-state index in [0.717, 1.165) is 16.5 Å². The smallest absolute Gasteiger partial charge is 0.326 e. The Morgan fingerprint density at radius 1 is 0.930 bits per heavy atom. The minimum Gasteiger partial charge on any atom is -0.480 e. The maximum absolute atomic E-state index is 13.4. The molecule has 43 heavy (non-hydrogen) atoms. The highest BCUT2D eigenvalue weighted by Gasteiger charge is 2.30. The molecule has 4 atom stereocenters. The van der Waals surface area contributed by atoms with Crippen LogP contribution in [-0.4, -0.2) is 89.0 Å². The Hall–Kier alpha value is -3.82. The van der Waals surface area contributed by atoms with Crippen LogP contribution in [0.15, 0.2) is 35.5 Å². The molecule has 1 aromatic carbocycles. The largest absolute Gasteiger partial charge is 0.480 e. The van der Waals surface area contributed by atoms with Crippen LogP contribution in [0.5, 0.6) is 0 Å². The van der Waals surface area contributed by atoms with Gasteiger partial charge in [0.2, 0.25) is 17.7 Å². The lowest BCUT2D eigenvalue weighted by Crippen LogP contribution is -2.57. The second-order valence-electron chi connectivity index (χ2n) is 10.2. The average Bonchev–Trinajstić information content (AvgIpc) is 3.38. The van der Waals surface area contributed by atoms with Gasteiger partial charge in [0.1, 0.15) is 18.1 Å². The molecule has 0 aliphatic carbocycles. The van der Waals surface area contributed by atoms with E-state index < -0.39 is 47.9 Å². The zero-order valence-corrected chi connectivity index (χ0v) is 25.3. The zero-order valence-electron chi connectivity index (χ0n) is 24.5. The zero-order chi connectivity index (χ0) is 31.8. The van der Waals surface area contributed by atoms with Gasteiger partial charge >= 0.3 is 5.97 Å². The highest BCUT2D eigenvalue weighted by atomic mass is 32.2. The standard InChI is InChI=1S/C28H45N9O5S/c1-43-14-11-22(26(40)37-23(27(41)42)15-17-16-34-20-9-3-2-7-18(17)20)36-25(39)21(10-6-13-33-28(31)32)35-24(38)19(30)8-4-5-12-29/h2-3,7,9,16,19,21-23,34H,4-6,8,10-15,29-30H2,1H3,(H,35,38)(H,36,39)(H,37,40)(H,41,42)(H4,31,32,33). The number of carboxylic acid groups (broad SMARTS) is 1. The fourth-order valence-electron chi connectivity index (χ4n) is 4.46. The predicted octanol–water partition coefficient (Wildman–Crippen LogP) is -0.488. The van der Waals surface area contributed by atoms with Gasteiger partial charge in [0.15, 0.2) is 5.96 Å². The van der Waals surface area contributed by atoms with Gasteiger partial charge in [0.05, 0.1) is 6.04 Å². The highest BCUT2D eigenvalue weighted by Crippen LogP contribution is 2.19. The van der Waals surface area contributed by atoms with Gasteiger partial charge in [-0.05, 0) is 62.3 Å². The van der Waals surface area contributed by atoms with Crippen molar-refractivity contribution in [1.82, 2.24) is 20.9 Å². The van der Waals surface area contributed by atoms with Crippen molar-refractivity contribution in [2.24, 2.45) is 27.9 Å². The summed E-state index contributed by atoms with van der Waals surface area (Å²) in [6.07, 6.45) is 6.18. The average molecular weight is 620 g/mol. The molecule has 0 bridgehead atoms. The van der Waals surface area contributed by atoms with Gasteiger partial charge < -0.3 is 49.0 Å². The molecule has 2 aromatic rings. The van der Waals surface area contributed by atoms with Crippen LogP contribution < -0.4 is 38.9 Å². The van der Waals surface area contributed by atoms with Crippen molar-refractivity contribution in [1.29, 1.82) is 0 Å². The third-order valence-electron chi connectivity index (χ3n) is 6.84. The van der Waals surface area contributed by atoms with E-state index in [1.807, 2.05) is 30.5 Å². The molecule has 0 fully saturated rings. The van der Waals surface area contributed by atoms with E-state index in [9.17, 15) is 24.3 Å². The summed E-state index contributed by atoms with van der Waals surface area (Å²) in [6, 6.07) is 3.33. The first-order valence-electron chi connectivity index (χ1n) is 14.3. The number of aliphatic imine (C=N–C) groups is 1. The van der Waals surface area contributed by atoms with Crippen LogP contribution in [0.4, 0.5) is 0 Å². The minimum absolute atomic E-state index is 0.0415. The van der Waals surface area contributed by atoms with E-state index in [1.54, 1.807) is 6.20 Å². The molecule has 0 radical (unpaired) electrons. The number of nitrogens with zero attached hydrogens (tertiary/aromatic N) is 1. The molecule has 14 nitrogen and oxygen atoms in total. The molecule has 0 saturated heterocycles. The third-order valence-corrected chi connectivity index (χ3v) is 7.49. The number of nitrogens with one attached hydrogen (secondary N) is 4. The van der Waals surface area contributed by atoms with Gasteiger partial charge in [-0.2, -0.15) is 11.8 Å². The number of aliphatic carboxylic acids is 1. The fourth-order valence-corrected chi connectivity index (χ4v) is 4.93. The first-order valence-corrected chi connectivity index (χ1v) is 15.7. The number of rotatable bonds is 20. The molecule has 13 N–H and O–H groups in total. The number of hydrogen-bond donors (Lipinski definition) is 9. The number of hydrogen-bond acceptors (Lipinski definition) is 8. The van der Waals surface area contributed by atoms with Crippen molar-refractivity contribution in [2.75, 3.05) is 25.1 Å². The Bertz CT molecular complexity index is 1230. The lowest BCUT2D eigenvalue weighted by Gasteiger charge is -2.25. The number of aromatic amines is 1. The highest BCUT2D eigenvalue weighted by molar-refractivity contribution is 7.98. The van der Waals surface area contributed by atoms with Crippen LogP contribution in [0.1, 0.15) is 44.1 Å². The number of amides is 3. The molecule has 0 spiro atoms. The predicted molar refractivity (Wildman–Crippen MR) is 169 cm³/mol. The lowest BCUT2D eigenvalue weighted by molar-refractivity contribution is -0.142. The summed E-state index contributed by atoms with van der Waals surface area (Å²) in [5.74, 6) is -2.53. The first-order chi connectivity index (χ1) is 20.6. The maximum atomic E-state index is 13.4. The maximum Gasteiger partial charge on any atom is 0.326 e. The molecule has 4 unspecified atom stereocenters. The number of fused-ring (bicyclic) bond motifs is 1. The summed E-state index contributed by atoms with van der Waals surface area (Å²) in [5, 5.41) is 18.7.